The number of hydrogen-bond acceptors (Lipinski definition) is 4. The molecule has 6 nitrogen and oxygen atoms in total. The number of ether oxygens (including phenoxy) is 2. The zero-order chi connectivity index (χ0) is 16.1. The largest absolute Gasteiger partial charge is 0.495 e. The van der Waals surface area contributed by atoms with E-state index < -0.39 is 0 Å². The molecule has 0 radical (unpaired) electrons. The Morgan fingerprint density at radius 3 is 2.78 bits per heavy atom. The van der Waals surface area contributed by atoms with E-state index in [2.05, 4.69) is 16.3 Å². The van der Waals surface area contributed by atoms with Gasteiger partial charge in [0.25, 0.3) is 0 Å². The Balaban J connectivity index is 1.48. The zero-order valence-corrected chi connectivity index (χ0v) is 13.7. The van der Waals surface area contributed by atoms with E-state index in [4.69, 9.17) is 9.47 Å². The lowest BCUT2D eigenvalue weighted by atomic mass is 10.2. The zero-order valence-electron chi connectivity index (χ0n) is 13.7. The van der Waals surface area contributed by atoms with E-state index in [-0.39, 0.29) is 12.1 Å². The molecule has 0 aliphatic carbocycles. The molecule has 2 amide bonds. The van der Waals surface area contributed by atoms with Crippen molar-refractivity contribution in [1.29, 1.82) is 0 Å². The topological polar surface area (TPSA) is 54.0 Å². The molecule has 1 aromatic rings. The Bertz CT molecular complexity index is 524. The fourth-order valence-electron chi connectivity index (χ4n) is 3.16. The van der Waals surface area contributed by atoms with Crippen LogP contribution in [0.2, 0.25) is 0 Å². The number of nitrogens with one attached hydrogen (secondary N) is 1. The number of piperazine rings is 1. The van der Waals surface area contributed by atoms with Gasteiger partial charge in [-0.1, -0.05) is 12.1 Å². The number of hydrogen-bond donors (Lipinski definition) is 1. The maximum Gasteiger partial charge on any atom is 0.317 e. The van der Waals surface area contributed by atoms with Crippen molar-refractivity contribution in [3.63, 3.8) is 0 Å². The Morgan fingerprint density at radius 2 is 2.09 bits per heavy atom. The van der Waals surface area contributed by atoms with Crippen molar-refractivity contribution in [3.05, 3.63) is 24.3 Å². The van der Waals surface area contributed by atoms with Gasteiger partial charge in [0.2, 0.25) is 0 Å². The van der Waals surface area contributed by atoms with Gasteiger partial charge in [-0.15, -0.1) is 0 Å². The number of amides is 2. The van der Waals surface area contributed by atoms with E-state index in [0.29, 0.717) is 6.54 Å². The first-order valence-corrected chi connectivity index (χ1v) is 8.30. The summed E-state index contributed by atoms with van der Waals surface area (Å²) in [6.07, 6.45) is 2.33. The molecular formula is C17H25N3O3. The normalized spacial score (nSPS) is 21.3. The summed E-state index contributed by atoms with van der Waals surface area (Å²) in [6.45, 7) is 4.50. The predicted molar refractivity (Wildman–Crippen MR) is 89.2 cm³/mol. The van der Waals surface area contributed by atoms with E-state index in [9.17, 15) is 4.79 Å². The number of para-hydroxylation sites is 2. The van der Waals surface area contributed by atoms with E-state index in [1.807, 2.05) is 23.1 Å². The van der Waals surface area contributed by atoms with Crippen molar-refractivity contribution < 1.29 is 14.3 Å². The van der Waals surface area contributed by atoms with E-state index >= 15 is 0 Å². The number of methoxy groups -OCH3 is 1. The number of benzene rings is 1. The van der Waals surface area contributed by atoms with Crippen LogP contribution in [0.3, 0.4) is 0 Å². The fraction of sp³-hybridized carbons (Fsp3) is 0.588. The molecule has 2 heterocycles. The molecule has 0 spiro atoms. The van der Waals surface area contributed by atoms with Gasteiger partial charge < -0.3 is 24.6 Å². The highest BCUT2D eigenvalue weighted by Crippen LogP contribution is 2.28. The first-order valence-electron chi connectivity index (χ1n) is 8.30. The van der Waals surface area contributed by atoms with E-state index in [1.165, 1.54) is 0 Å². The molecule has 2 saturated heterocycles. The molecule has 2 aliphatic rings. The maximum atomic E-state index is 12.2. The molecule has 0 saturated carbocycles. The lowest BCUT2D eigenvalue weighted by Gasteiger charge is -2.36. The van der Waals surface area contributed by atoms with Crippen LogP contribution in [-0.4, -0.2) is 63.5 Å². The molecule has 1 unspecified atom stereocenters. The molecule has 1 aromatic carbocycles. The summed E-state index contributed by atoms with van der Waals surface area (Å²) in [6, 6.07) is 8.03. The summed E-state index contributed by atoms with van der Waals surface area (Å²) < 4.78 is 11.0. The molecule has 1 atom stereocenters. The van der Waals surface area contributed by atoms with Crippen molar-refractivity contribution >= 4 is 11.7 Å². The molecule has 2 aliphatic heterocycles. The average molecular weight is 319 g/mol. The Labute approximate surface area is 137 Å². The molecule has 0 bridgehead atoms. The summed E-state index contributed by atoms with van der Waals surface area (Å²) in [7, 11) is 1.69. The van der Waals surface area contributed by atoms with Crippen LogP contribution in [0.5, 0.6) is 5.75 Å². The summed E-state index contributed by atoms with van der Waals surface area (Å²) in [4.78, 5) is 16.4. The number of urea groups is 1. The summed E-state index contributed by atoms with van der Waals surface area (Å²) >= 11 is 0. The van der Waals surface area contributed by atoms with Crippen LogP contribution in [-0.2, 0) is 4.74 Å². The van der Waals surface area contributed by atoms with Crippen LogP contribution in [0, 0.1) is 0 Å². The second kappa shape index (κ2) is 7.55. The quantitative estimate of drug-likeness (QED) is 0.918. The van der Waals surface area contributed by atoms with Gasteiger partial charge in [0, 0.05) is 39.3 Å². The minimum Gasteiger partial charge on any atom is -0.495 e. The van der Waals surface area contributed by atoms with Gasteiger partial charge >= 0.3 is 6.03 Å². The Kier molecular flexibility index (Phi) is 5.23. The average Bonchev–Trinajstić information content (AvgIpc) is 3.13. The second-order valence-corrected chi connectivity index (χ2v) is 5.97. The van der Waals surface area contributed by atoms with Crippen molar-refractivity contribution in [2.75, 3.05) is 51.3 Å². The lowest BCUT2D eigenvalue weighted by Crippen LogP contribution is -2.52. The smallest absolute Gasteiger partial charge is 0.317 e. The number of anilines is 1. The van der Waals surface area contributed by atoms with Gasteiger partial charge in [-0.2, -0.15) is 0 Å². The van der Waals surface area contributed by atoms with Crippen molar-refractivity contribution in [3.8, 4) is 5.75 Å². The number of carbonyl (C=O) groups excluding carboxylic acids is 1. The summed E-state index contributed by atoms with van der Waals surface area (Å²) in [5.41, 5.74) is 1.09. The van der Waals surface area contributed by atoms with Gasteiger partial charge in [0.1, 0.15) is 5.75 Å². The van der Waals surface area contributed by atoms with Gasteiger partial charge in [-0.3, -0.25) is 0 Å². The molecule has 23 heavy (non-hydrogen) atoms. The van der Waals surface area contributed by atoms with Crippen LogP contribution >= 0.6 is 0 Å². The molecular weight excluding hydrogens is 294 g/mol. The third-order valence-corrected chi connectivity index (χ3v) is 4.50. The fourth-order valence-corrected chi connectivity index (χ4v) is 3.16. The minimum absolute atomic E-state index is 0.0141. The Morgan fingerprint density at radius 1 is 1.30 bits per heavy atom. The molecule has 126 valence electrons. The molecule has 6 heteroatoms. The number of carbonyl (C=O) groups is 1. The third kappa shape index (κ3) is 3.88. The third-order valence-electron chi connectivity index (χ3n) is 4.50. The lowest BCUT2D eigenvalue weighted by molar-refractivity contribution is 0.108. The van der Waals surface area contributed by atoms with Crippen LogP contribution < -0.4 is 15.0 Å². The molecule has 3 rings (SSSR count). The van der Waals surface area contributed by atoms with Crippen molar-refractivity contribution in [1.82, 2.24) is 10.2 Å². The highest BCUT2D eigenvalue weighted by Gasteiger charge is 2.24. The standard InChI is InChI=1S/C17H25N3O3/c1-22-16-7-3-2-6-15(16)19-8-10-20(11-9-19)17(21)18-13-14-5-4-12-23-14/h2-3,6-7,14H,4-5,8-13H2,1H3,(H,18,21). The molecule has 2 fully saturated rings. The van der Waals surface area contributed by atoms with Crippen LogP contribution in [0.1, 0.15) is 12.8 Å². The first kappa shape index (κ1) is 15.9. The first-order chi connectivity index (χ1) is 11.3. The summed E-state index contributed by atoms with van der Waals surface area (Å²) in [5.74, 6) is 0.879. The van der Waals surface area contributed by atoms with Crippen LogP contribution in [0.4, 0.5) is 10.5 Å². The van der Waals surface area contributed by atoms with Gasteiger partial charge in [0.05, 0.1) is 18.9 Å². The molecule has 0 aromatic heterocycles. The Hall–Kier alpha value is -1.95. The second-order valence-electron chi connectivity index (χ2n) is 5.97. The van der Waals surface area contributed by atoms with Crippen molar-refractivity contribution in [2.45, 2.75) is 18.9 Å². The molecule has 1 N–H and O–H groups in total. The van der Waals surface area contributed by atoms with Gasteiger partial charge in [0.15, 0.2) is 0 Å². The number of rotatable bonds is 4. The maximum absolute atomic E-state index is 12.2. The highest BCUT2D eigenvalue weighted by molar-refractivity contribution is 5.74. The summed E-state index contributed by atoms with van der Waals surface area (Å²) in [5, 5.41) is 2.99. The predicted octanol–water partition coefficient (Wildman–Crippen LogP) is 1.71. The van der Waals surface area contributed by atoms with Gasteiger partial charge in [-0.05, 0) is 25.0 Å². The van der Waals surface area contributed by atoms with E-state index in [0.717, 1.165) is 57.1 Å². The van der Waals surface area contributed by atoms with Crippen LogP contribution in [0.25, 0.3) is 0 Å². The van der Waals surface area contributed by atoms with Crippen LogP contribution in [0.15, 0.2) is 24.3 Å². The minimum atomic E-state index is 0.0141. The number of nitrogens with zero attached hydrogens (tertiary/aromatic N) is 2. The van der Waals surface area contributed by atoms with Gasteiger partial charge in [-0.25, -0.2) is 4.79 Å². The van der Waals surface area contributed by atoms with Crippen molar-refractivity contribution in [2.24, 2.45) is 0 Å². The highest BCUT2D eigenvalue weighted by atomic mass is 16.5. The van der Waals surface area contributed by atoms with E-state index in [1.54, 1.807) is 7.11 Å². The monoisotopic (exact) mass is 319 g/mol. The SMILES string of the molecule is COc1ccccc1N1CCN(C(=O)NCC2CCCO2)CC1.